The van der Waals surface area contributed by atoms with E-state index in [4.69, 9.17) is 5.11 Å². The van der Waals surface area contributed by atoms with Gasteiger partial charge in [0.05, 0.1) is 0 Å². The topological polar surface area (TPSA) is 20.2 Å². The number of hydrogen-bond donors (Lipinski definition) is 1. The summed E-state index contributed by atoms with van der Waals surface area (Å²) in [6.45, 7) is 10.3. The highest BCUT2D eigenvalue weighted by molar-refractivity contribution is 5.10. The monoisotopic (exact) mass is 166 g/mol. The average Bonchev–Trinajstić information content (AvgIpc) is 2.05. The zero-order chi connectivity index (χ0) is 9.14. The summed E-state index contributed by atoms with van der Waals surface area (Å²) in [5.74, 6) is 0.924. The van der Waals surface area contributed by atoms with Crippen molar-refractivity contribution in [3.8, 4) is 0 Å². The smallest absolute Gasteiger partial charge is 0.0496 e. The highest BCUT2D eigenvalue weighted by Gasteiger charge is 2.24. The van der Waals surface area contributed by atoms with E-state index in [9.17, 15) is 0 Å². The molecule has 0 radical (unpaired) electrons. The van der Waals surface area contributed by atoms with Gasteiger partial charge in [0.1, 0.15) is 0 Å². The standard InChI is InChI=1S/C11H18O/c1-8(2)10-5-4-9(3)11(6-10)7-12/h10-12H,1,3-7H2,2H3/t10-,11-/m1/s1. The number of allylic oxidation sites excluding steroid dienone is 1. The molecule has 0 aromatic heterocycles. The molecular weight excluding hydrogens is 148 g/mol. The molecule has 1 rings (SSSR count). The van der Waals surface area contributed by atoms with Crippen LogP contribution in [0, 0.1) is 11.8 Å². The molecule has 1 heteroatoms. The summed E-state index contributed by atoms with van der Waals surface area (Å²) < 4.78 is 0. The second-order valence-electron chi connectivity index (χ2n) is 3.86. The van der Waals surface area contributed by atoms with E-state index in [0.717, 1.165) is 12.8 Å². The van der Waals surface area contributed by atoms with Crippen molar-refractivity contribution in [2.45, 2.75) is 26.2 Å². The van der Waals surface area contributed by atoms with E-state index < -0.39 is 0 Å². The minimum atomic E-state index is 0.253. The maximum atomic E-state index is 9.07. The van der Waals surface area contributed by atoms with Crippen molar-refractivity contribution < 1.29 is 5.11 Å². The van der Waals surface area contributed by atoms with Gasteiger partial charge >= 0.3 is 0 Å². The van der Waals surface area contributed by atoms with Gasteiger partial charge in [-0.3, -0.25) is 0 Å². The molecule has 1 nitrogen and oxygen atoms in total. The first-order valence-corrected chi connectivity index (χ1v) is 4.59. The largest absolute Gasteiger partial charge is 0.396 e. The van der Waals surface area contributed by atoms with Crippen molar-refractivity contribution in [1.29, 1.82) is 0 Å². The molecule has 1 aliphatic rings. The van der Waals surface area contributed by atoms with E-state index in [2.05, 4.69) is 20.1 Å². The Morgan fingerprint density at radius 1 is 1.67 bits per heavy atom. The van der Waals surface area contributed by atoms with Gasteiger partial charge in [-0.2, -0.15) is 0 Å². The molecule has 0 unspecified atom stereocenters. The fourth-order valence-corrected chi connectivity index (χ4v) is 1.84. The Bertz CT molecular complexity index is 193. The molecule has 0 spiro atoms. The molecule has 0 saturated heterocycles. The van der Waals surface area contributed by atoms with E-state index in [1.54, 1.807) is 0 Å². The van der Waals surface area contributed by atoms with Crippen molar-refractivity contribution in [3.05, 3.63) is 24.3 Å². The Balaban J connectivity index is 2.55. The molecule has 12 heavy (non-hydrogen) atoms. The van der Waals surface area contributed by atoms with Crippen LogP contribution in [0.1, 0.15) is 26.2 Å². The lowest BCUT2D eigenvalue weighted by molar-refractivity contribution is 0.209. The average molecular weight is 166 g/mol. The summed E-state index contributed by atoms with van der Waals surface area (Å²) in [6, 6.07) is 0. The van der Waals surface area contributed by atoms with Gasteiger partial charge in [-0.25, -0.2) is 0 Å². The van der Waals surface area contributed by atoms with Crippen LogP contribution in [-0.4, -0.2) is 11.7 Å². The SMILES string of the molecule is C=C(C)[C@@H]1CCC(=C)[C@@H](CO)C1. The summed E-state index contributed by atoms with van der Waals surface area (Å²) in [5, 5.41) is 9.07. The Labute approximate surface area is 74.8 Å². The minimum Gasteiger partial charge on any atom is -0.396 e. The number of hydrogen-bond acceptors (Lipinski definition) is 1. The lowest BCUT2D eigenvalue weighted by Crippen LogP contribution is -2.20. The molecule has 1 fully saturated rings. The zero-order valence-corrected chi connectivity index (χ0v) is 7.84. The molecule has 1 aliphatic carbocycles. The second-order valence-corrected chi connectivity index (χ2v) is 3.86. The van der Waals surface area contributed by atoms with Gasteiger partial charge in [0.25, 0.3) is 0 Å². The fraction of sp³-hybridized carbons (Fsp3) is 0.636. The van der Waals surface area contributed by atoms with E-state index in [1.165, 1.54) is 17.6 Å². The quantitative estimate of drug-likeness (QED) is 0.625. The predicted molar refractivity (Wildman–Crippen MR) is 51.9 cm³/mol. The van der Waals surface area contributed by atoms with Crippen molar-refractivity contribution in [1.82, 2.24) is 0 Å². The molecular formula is C11H18O. The number of aliphatic hydroxyl groups excluding tert-OH is 1. The summed E-state index contributed by atoms with van der Waals surface area (Å²) >= 11 is 0. The Morgan fingerprint density at radius 2 is 2.33 bits per heavy atom. The number of aliphatic hydroxyl groups is 1. The van der Waals surface area contributed by atoms with Crippen LogP contribution >= 0.6 is 0 Å². The van der Waals surface area contributed by atoms with E-state index in [0.29, 0.717) is 11.8 Å². The first-order chi connectivity index (χ1) is 5.65. The maximum absolute atomic E-state index is 9.07. The third-order valence-electron chi connectivity index (χ3n) is 2.88. The van der Waals surface area contributed by atoms with Gasteiger partial charge in [-0.1, -0.05) is 24.3 Å². The van der Waals surface area contributed by atoms with Gasteiger partial charge in [0.2, 0.25) is 0 Å². The minimum absolute atomic E-state index is 0.253. The zero-order valence-electron chi connectivity index (χ0n) is 7.84. The molecule has 0 aliphatic heterocycles. The molecule has 0 aromatic rings. The van der Waals surface area contributed by atoms with Crippen molar-refractivity contribution in [3.63, 3.8) is 0 Å². The lowest BCUT2D eigenvalue weighted by Gasteiger charge is -2.30. The van der Waals surface area contributed by atoms with Gasteiger partial charge in [-0.05, 0) is 32.1 Å². The van der Waals surface area contributed by atoms with Gasteiger partial charge in [0, 0.05) is 12.5 Å². The predicted octanol–water partition coefficient (Wildman–Crippen LogP) is 2.53. The van der Waals surface area contributed by atoms with Crippen molar-refractivity contribution in [2.24, 2.45) is 11.8 Å². The highest BCUT2D eigenvalue weighted by atomic mass is 16.3. The molecule has 0 heterocycles. The third kappa shape index (κ3) is 1.98. The van der Waals surface area contributed by atoms with Crippen LogP contribution in [0.4, 0.5) is 0 Å². The Hall–Kier alpha value is -0.560. The van der Waals surface area contributed by atoms with E-state index in [1.807, 2.05) is 0 Å². The first-order valence-electron chi connectivity index (χ1n) is 4.59. The van der Waals surface area contributed by atoms with Crippen LogP contribution in [0.15, 0.2) is 24.3 Å². The van der Waals surface area contributed by atoms with Crippen LogP contribution in [0.3, 0.4) is 0 Å². The first kappa shape index (κ1) is 9.53. The molecule has 0 amide bonds. The molecule has 0 aromatic carbocycles. The summed E-state index contributed by atoms with van der Waals surface area (Å²) in [7, 11) is 0. The van der Waals surface area contributed by atoms with Crippen LogP contribution in [0.25, 0.3) is 0 Å². The van der Waals surface area contributed by atoms with Gasteiger partial charge in [-0.15, -0.1) is 0 Å². The molecule has 1 N–H and O–H groups in total. The lowest BCUT2D eigenvalue weighted by atomic mass is 9.76. The molecule has 1 saturated carbocycles. The van der Waals surface area contributed by atoms with Crippen LogP contribution in [0.2, 0.25) is 0 Å². The van der Waals surface area contributed by atoms with Crippen LogP contribution < -0.4 is 0 Å². The summed E-state index contributed by atoms with van der Waals surface area (Å²) in [6.07, 6.45) is 3.28. The van der Waals surface area contributed by atoms with Crippen LogP contribution in [0.5, 0.6) is 0 Å². The highest BCUT2D eigenvalue weighted by Crippen LogP contribution is 2.35. The molecule has 2 atom stereocenters. The van der Waals surface area contributed by atoms with Gasteiger partial charge < -0.3 is 5.11 Å². The van der Waals surface area contributed by atoms with Crippen molar-refractivity contribution >= 4 is 0 Å². The second kappa shape index (κ2) is 3.90. The maximum Gasteiger partial charge on any atom is 0.0496 e. The fourth-order valence-electron chi connectivity index (χ4n) is 1.84. The number of rotatable bonds is 2. The van der Waals surface area contributed by atoms with E-state index in [-0.39, 0.29) is 6.61 Å². The third-order valence-corrected chi connectivity index (χ3v) is 2.88. The molecule has 0 bridgehead atoms. The Kier molecular flexibility index (Phi) is 3.10. The van der Waals surface area contributed by atoms with E-state index >= 15 is 0 Å². The normalized spacial score (nSPS) is 30.3. The van der Waals surface area contributed by atoms with Crippen LogP contribution in [-0.2, 0) is 0 Å². The summed E-state index contributed by atoms with van der Waals surface area (Å²) in [5.41, 5.74) is 2.47. The summed E-state index contributed by atoms with van der Waals surface area (Å²) in [4.78, 5) is 0. The molecule has 68 valence electrons. The van der Waals surface area contributed by atoms with Gasteiger partial charge in [0.15, 0.2) is 0 Å². The van der Waals surface area contributed by atoms with Crippen molar-refractivity contribution in [2.75, 3.05) is 6.61 Å². The Morgan fingerprint density at radius 3 is 2.83 bits per heavy atom.